The van der Waals surface area contributed by atoms with Crippen LogP contribution >= 0.6 is 0 Å². The maximum absolute atomic E-state index is 13.5. The molecule has 82 valence electrons. The van der Waals surface area contributed by atoms with Gasteiger partial charge < -0.3 is 10.1 Å². The van der Waals surface area contributed by atoms with Crippen molar-refractivity contribution in [2.75, 3.05) is 12.4 Å². The topological polar surface area (TPSA) is 21.3 Å². The molecule has 0 bridgehead atoms. The molecule has 1 aliphatic rings. The summed E-state index contributed by atoms with van der Waals surface area (Å²) in [6, 6.07) is 5.62. The fourth-order valence-electron chi connectivity index (χ4n) is 1.83. The Kier molecular flexibility index (Phi) is 2.91. The van der Waals surface area contributed by atoms with E-state index >= 15 is 0 Å². The van der Waals surface area contributed by atoms with Gasteiger partial charge >= 0.3 is 0 Å². The van der Waals surface area contributed by atoms with Crippen LogP contribution in [-0.2, 0) is 4.74 Å². The first-order valence-electron chi connectivity index (χ1n) is 5.24. The smallest absolute Gasteiger partial charge is 0.146 e. The first-order chi connectivity index (χ1) is 7.19. The molecule has 3 heteroatoms. The van der Waals surface area contributed by atoms with Crippen molar-refractivity contribution in [3.05, 3.63) is 29.6 Å². The summed E-state index contributed by atoms with van der Waals surface area (Å²) in [5, 5.41) is 3.18. The molecule has 2 rings (SSSR count). The van der Waals surface area contributed by atoms with Crippen LogP contribution < -0.4 is 5.32 Å². The van der Waals surface area contributed by atoms with E-state index in [-0.39, 0.29) is 5.82 Å². The van der Waals surface area contributed by atoms with Gasteiger partial charge in [-0.15, -0.1) is 0 Å². The minimum absolute atomic E-state index is 0.170. The van der Waals surface area contributed by atoms with Crippen molar-refractivity contribution in [1.82, 2.24) is 0 Å². The number of hydrogen-bond acceptors (Lipinski definition) is 2. The number of halogens is 1. The normalized spacial score (nSPS) is 24.7. The van der Waals surface area contributed by atoms with Gasteiger partial charge in [-0.3, -0.25) is 0 Å². The summed E-state index contributed by atoms with van der Waals surface area (Å²) in [5.41, 5.74) is 1.54. The fourth-order valence-corrected chi connectivity index (χ4v) is 1.83. The lowest BCUT2D eigenvalue weighted by atomic mass is 9.89. The molecule has 0 spiro atoms. The molecule has 0 aliphatic heterocycles. The maximum Gasteiger partial charge on any atom is 0.146 e. The monoisotopic (exact) mass is 209 g/mol. The Bertz CT molecular complexity index is 347. The molecule has 1 aliphatic carbocycles. The van der Waals surface area contributed by atoms with Crippen LogP contribution in [0.25, 0.3) is 0 Å². The lowest BCUT2D eigenvalue weighted by Crippen LogP contribution is -2.40. The Balaban J connectivity index is 1.94. The van der Waals surface area contributed by atoms with Crippen molar-refractivity contribution in [3.63, 3.8) is 0 Å². The number of aryl methyl sites for hydroxylation is 1. The molecule has 1 fully saturated rings. The van der Waals surface area contributed by atoms with Gasteiger partial charge in [0, 0.05) is 13.2 Å². The molecule has 1 aromatic carbocycles. The van der Waals surface area contributed by atoms with Crippen molar-refractivity contribution in [3.8, 4) is 0 Å². The molecule has 0 saturated heterocycles. The van der Waals surface area contributed by atoms with E-state index in [1.54, 1.807) is 19.2 Å². The van der Waals surface area contributed by atoms with E-state index in [0.29, 0.717) is 17.8 Å². The predicted molar refractivity (Wildman–Crippen MR) is 58.6 cm³/mol. The highest BCUT2D eigenvalue weighted by atomic mass is 19.1. The zero-order valence-corrected chi connectivity index (χ0v) is 9.09. The molecule has 1 aromatic rings. The van der Waals surface area contributed by atoms with Crippen molar-refractivity contribution < 1.29 is 9.13 Å². The van der Waals surface area contributed by atoms with E-state index in [4.69, 9.17) is 4.74 Å². The summed E-state index contributed by atoms with van der Waals surface area (Å²) in [5.74, 6) is -0.170. The predicted octanol–water partition coefficient (Wildman–Crippen LogP) is 2.72. The third kappa shape index (κ3) is 2.29. The molecule has 15 heavy (non-hydrogen) atoms. The summed E-state index contributed by atoms with van der Waals surface area (Å²) < 4.78 is 18.6. The average molecular weight is 209 g/mol. The quantitative estimate of drug-likeness (QED) is 0.826. The van der Waals surface area contributed by atoms with Gasteiger partial charge in [-0.25, -0.2) is 4.39 Å². The van der Waals surface area contributed by atoms with Gasteiger partial charge in [0.25, 0.3) is 0 Å². The molecule has 0 radical (unpaired) electrons. The molecule has 0 heterocycles. The Morgan fingerprint density at radius 1 is 1.40 bits per heavy atom. The number of hydrogen-bond donors (Lipinski definition) is 1. The van der Waals surface area contributed by atoms with Gasteiger partial charge in [0.15, 0.2) is 0 Å². The molecular weight excluding hydrogens is 193 g/mol. The summed E-state index contributed by atoms with van der Waals surface area (Å²) >= 11 is 0. The standard InChI is InChI=1S/C12H16FNO/c1-8-3-4-12(11(13)5-8)14-9-6-10(7-9)15-2/h3-5,9-10,14H,6-7H2,1-2H3. The molecule has 1 saturated carbocycles. The molecule has 0 aromatic heterocycles. The highest BCUT2D eigenvalue weighted by molar-refractivity contribution is 5.47. The minimum atomic E-state index is -0.170. The number of benzene rings is 1. The second-order valence-corrected chi connectivity index (χ2v) is 4.15. The van der Waals surface area contributed by atoms with Crippen LogP contribution in [0.1, 0.15) is 18.4 Å². The van der Waals surface area contributed by atoms with E-state index in [2.05, 4.69) is 5.32 Å². The molecule has 0 unspecified atom stereocenters. The van der Waals surface area contributed by atoms with E-state index < -0.39 is 0 Å². The van der Waals surface area contributed by atoms with E-state index in [9.17, 15) is 4.39 Å². The first kappa shape index (κ1) is 10.4. The van der Waals surface area contributed by atoms with Crippen LogP contribution in [0.3, 0.4) is 0 Å². The average Bonchev–Trinajstić information content (AvgIpc) is 2.13. The Hall–Kier alpha value is -1.09. The second kappa shape index (κ2) is 4.19. The van der Waals surface area contributed by atoms with Crippen LogP contribution in [0, 0.1) is 12.7 Å². The summed E-state index contributed by atoms with van der Waals surface area (Å²) in [6.45, 7) is 1.89. The highest BCUT2D eigenvalue weighted by Gasteiger charge is 2.29. The van der Waals surface area contributed by atoms with Crippen LogP contribution in [0.15, 0.2) is 18.2 Å². The zero-order valence-electron chi connectivity index (χ0n) is 9.09. The lowest BCUT2D eigenvalue weighted by molar-refractivity contribution is 0.0328. The molecular formula is C12H16FNO. The number of methoxy groups -OCH3 is 1. The van der Waals surface area contributed by atoms with Crippen molar-refractivity contribution in [2.45, 2.75) is 31.9 Å². The third-order valence-electron chi connectivity index (χ3n) is 2.91. The minimum Gasteiger partial charge on any atom is -0.381 e. The lowest BCUT2D eigenvalue weighted by Gasteiger charge is -2.35. The largest absolute Gasteiger partial charge is 0.381 e. The Labute approximate surface area is 89.4 Å². The van der Waals surface area contributed by atoms with Gasteiger partial charge in [0.2, 0.25) is 0 Å². The van der Waals surface area contributed by atoms with E-state index in [0.717, 1.165) is 18.4 Å². The number of nitrogens with one attached hydrogen (secondary N) is 1. The summed E-state index contributed by atoms with van der Waals surface area (Å²) in [6.07, 6.45) is 2.27. The van der Waals surface area contributed by atoms with Gasteiger partial charge in [-0.2, -0.15) is 0 Å². The van der Waals surface area contributed by atoms with Gasteiger partial charge in [0.05, 0.1) is 11.8 Å². The van der Waals surface area contributed by atoms with Gasteiger partial charge in [0.1, 0.15) is 5.82 Å². The van der Waals surface area contributed by atoms with Crippen molar-refractivity contribution in [2.24, 2.45) is 0 Å². The van der Waals surface area contributed by atoms with Crippen molar-refractivity contribution >= 4 is 5.69 Å². The van der Waals surface area contributed by atoms with Crippen LogP contribution in [-0.4, -0.2) is 19.3 Å². The first-order valence-corrected chi connectivity index (χ1v) is 5.24. The molecule has 0 amide bonds. The molecule has 2 nitrogen and oxygen atoms in total. The second-order valence-electron chi connectivity index (χ2n) is 4.15. The van der Waals surface area contributed by atoms with E-state index in [1.807, 2.05) is 13.0 Å². The Morgan fingerprint density at radius 2 is 2.13 bits per heavy atom. The zero-order chi connectivity index (χ0) is 10.8. The van der Waals surface area contributed by atoms with Crippen LogP contribution in [0.2, 0.25) is 0 Å². The number of ether oxygens (including phenoxy) is 1. The summed E-state index contributed by atoms with van der Waals surface area (Å²) in [4.78, 5) is 0. The van der Waals surface area contributed by atoms with Crippen LogP contribution in [0.5, 0.6) is 0 Å². The fraction of sp³-hybridized carbons (Fsp3) is 0.500. The summed E-state index contributed by atoms with van der Waals surface area (Å²) in [7, 11) is 1.72. The van der Waals surface area contributed by atoms with E-state index in [1.165, 1.54) is 0 Å². The van der Waals surface area contributed by atoms with Gasteiger partial charge in [-0.05, 0) is 37.5 Å². The number of rotatable bonds is 3. The number of anilines is 1. The van der Waals surface area contributed by atoms with Crippen LogP contribution in [0.4, 0.5) is 10.1 Å². The molecule has 1 N–H and O–H groups in total. The third-order valence-corrected chi connectivity index (χ3v) is 2.91. The highest BCUT2D eigenvalue weighted by Crippen LogP contribution is 2.27. The Morgan fingerprint density at radius 3 is 2.73 bits per heavy atom. The SMILES string of the molecule is COC1CC(Nc2ccc(C)cc2F)C1. The van der Waals surface area contributed by atoms with Crippen molar-refractivity contribution in [1.29, 1.82) is 0 Å². The van der Waals surface area contributed by atoms with Gasteiger partial charge in [-0.1, -0.05) is 6.07 Å². The molecule has 0 atom stereocenters. The maximum atomic E-state index is 13.5.